The van der Waals surface area contributed by atoms with Crippen LogP contribution in [-0.2, 0) is 0 Å². The van der Waals surface area contributed by atoms with Gasteiger partial charge in [-0.25, -0.2) is 0 Å². The third-order valence-corrected chi connectivity index (χ3v) is 3.83. The second-order valence-corrected chi connectivity index (χ2v) is 5.22. The quantitative estimate of drug-likeness (QED) is 0.790. The lowest BCUT2D eigenvalue weighted by Crippen LogP contribution is -2.46. The van der Waals surface area contributed by atoms with E-state index < -0.39 is 0 Å². The molecule has 2 aliphatic rings. The number of rotatable bonds is 3. The molecule has 0 aliphatic carbocycles. The first-order valence-electron chi connectivity index (χ1n) is 6.80. The molecule has 3 rings (SSSR count). The van der Waals surface area contributed by atoms with Gasteiger partial charge in [-0.2, -0.15) is 0 Å². The summed E-state index contributed by atoms with van der Waals surface area (Å²) in [5.41, 5.74) is 1.22. The summed E-state index contributed by atoms with van der Waals surface area (Å²) < 4.78 is 11.2. The molecular formula is C14H19ClN2O2. The van der Waals surface area contributed by atoms with Gasteiger partial charge in [0, 0.05) is 50.4 Å². The summed E-state index contributed by atoms with van der Waals surface area (Å²) >= 11 is 5.78. The molecular weight excluding hydrogens is 264 g/mol. The number of hydrogen-bond acceptors (Lipinski definition) is 4. The van der Waals surface area contributed by atoms with Crippen LogP contribution in [0.15, 0.2) is 18.2 Å². The van der Waals surface area contributed by atoms with Gasteiger partial charge in [0.1, 0.15) is 13.2 Å². The highest BCUT2D eigenvalue weighted by molar-refractivity contribution is 6.18. The molecule has 4 nitrogen and oxygen atoms in total. The molecule has 0 amide bonds. The molecule has 2 heterocycles. The first-order valence-corrected chi connectivity index (χ1v) is 7.33. The highest BCUT2D eigenvalue weighted by atomic mass is 35.5. The molecule has 104 valence electrons. The second kappa shape index (κ2) is 5.88. The van der Waals surface area contributed by atoms with Crippen LogP contribution in [-0.4, -0.2) is 56.7 Å². The Balaban J connectivity index is 1.66. The van der Waals surface area contributed by atoms with E-state index in [0.29, 0.717) is 19.1 Å². The summed E-state index contributed by atoms with van der Waals surface area (Å²) in [5.74, 6) is 2.44. The summed E-state index contributed by atoms with van der Waals surface area (Å²) in [6.07, 6.45) is 0. The summed E-state index contributed by atoms with van der Waals surface area (Å²) in [5, 5.41) is 0. The highest BCUT2D eigenvalue weighted by Crippen LogP contribution is 2.34. The van der Waals surface area contributed by atoms with Gasteiger partial charge in [-0.05, 0) is 12.1 Å². The smallest absolute Gasteiger partial charge is 0.163 e. The largest absolute Gasteiger partial charge is 0.486 e. The van der Waals surface area contributed by atoms with Gasteiger partial charge in [0.2, 0.25) is 0 Å². The fourth-order valence-corrected chi connectivity index (χ4v) is 2.82. The Labute approximate surface area is 118 Å². The van der Waals surface area contributed by atoms with Crippen LogP contribution in [0.5, 0.6) is 11.5 Å². The normalized spacial score (nSPS) is 19.5. The van der Waals surface area contributed by atoms with Crippen LogP contribution in [0.2, 0.25) is 0 Å². The van der Waals surface area contributed by atoms with E-state index in [1.807, 2.05) is 6.07 Å². The van der Waals surface area contributed by atoms with Crippen molar-refractivity contribution in [1.29, 1.82) is 0 Å². The number of nitrogens with zero attached hydrogens (tertiary/aromatic N) is 2. The maximum atomic E-state index is 5.78. The van der Waals surface area contributed by atoms with Crippen molar-refractivity contribution in [2.45, 2.75) is 0 Å². The van der Waals surface area contributed by atoms with Crippen LogP contribution >= 0.6 is 11.6 Å². The predicted octanol–water partition coefficient (Wildman–Crippen LogP) is 1.82. The number of fused-ring (bicyclic) bond motifs is 1. The number of anilines is 1. The average Bonchev–Trinajstić information content (AvgIpc) is 2.48. The minimum absolute atomic E-state index is 0.639. The second-order valence-electron chi connectivity index (χ2n) is 4.85. The van der Waals surface area contributed by atoms with Gasteiger partial charge in [0.25, 0.3) is 0 Å². The van der Waals surface area contributed by atoms with Crippen LogP contribution < -0.4 is 14.4 Å². The van der Waals surface area contributed by atoms with Gasteiger partial charge in [-0.1, -0.05) is 0 Å². The third-order valence-electron chi connectivity index (χ3n) is 3.66. The van der Waals surface area contributed by atoms with Crippen molar-refractivity contribution in [2.75, 3.05) is 56.7 Å². The fraction of sp³-hybridized carbons (Fsp3) is 0.571. The molecule has 0 atom stereocenters. The molecule has 0 aromatic heterocycles. The van der Waals surface area contributed by atoms with Gasteiger partial charge in [-0.3, -0.25) is 4.90 Å². The zero-order chi connectivity index (χ0) is 13.1. The molecule has 0 spiro atoms. The molecule has 0 saturated carbocycles. The van der Waals surface area contributed by atoms with Crippen LogP contribution in [0, 0.1) is 0 Å². The topological polar surface area (TPSA) is 24.9 Å². The van der Waals surface area contributed by atoms with E-state index in [4.69, 9.17) is 21.1 Å². The fourth-order valence-electron chi connectivity index (χ4n) is 2.58. The van der Waals surface area contributed by atoms with E-state index >= 15 is 0 Å². The number of piperazine rings is 1. The van der Waals surface area contributed by atoms with Crippen LogP contribution in [0.4, 0.5) is 5.69 Å². The summed E-state index contributed by atoms with van der Waals surface area (Å²) in [4.78, 5) is 4.80. The number of halogens is 1. The molecule has 19 heavy (non-hydrogen) atoms. The van der Waals surface area contributed by atoms with Gasteiger partial charge in [-0.15, -0.1) is 11.6 Å². The lowest BCUT2D eigenvalue weighted by molar-refractivity contribution is 0.171. The van der Waals surface area contributed by atoms with Crippen molar-refractivity contribution in [3.05, 3.63) is 18.2 Å². The number of alkyl halides is 1. The molecule has 1 fully saturated rings. The maximum absolute atomic E-state index is 5.78. The van der Waals surface area contributed by atoms with Crippen molar-refractivity contribution < 1.29 is 9.47 Å². The van der Waals surface area contributed by atoms with E-state index in [9.17, 15) is 0 Å². The maximum Gasteiger partial charge on any atom is 0.163 e. The van der Waals surface area contributed by atoms with Crippen molar-refractivity contribution in [3.63, 3.8) is 0 Å². The molecule has 1 saturated heterocycles. The first-order chi connectivity index (χ1) is 9.36. The highest BCUT2D eigenvalue weighted by Gasteiger charge is 2.19. The van der Waals surface area contributed by atoms with Gasteiger partial charge in [0.15, 0.2) is 11.5 Å². The van der Waals surface area contributed by atoms with Crippen molar-refractivity contribution in [2.24, 2.45) is 0 Å². The Bertz CT molecular complexity index is 433. The van der Waals surface area contributed by atoms with Crippen LogP contribution in [0.1, 0.15) is 0 Å². The Hall–Kier alpha value is -1.13. The van der Waals surface area contributed by atoms with E-state index in [1.165, 1.54) is 5.69 Å². The lowest BCUT2D eigenvalue weighted by atomic mass is 10.2. The van der Waals surface area contributed by atoms with E-state index in [2.05, 4.69) is 21.9 Å². The van der Waals surface area contributed by atoms with Gasteiger partial charge >= 0.3 is 0 Å². The number of benzene rings is 1. The number of hydrogen-bond donors (Lipinski definition) is 0. The minimum Gasteiger partial charge on any atom is -0.486 e. The molecule has 1 aromatic rings. The van der Waals surface area contributed by atoms with Crippen molar-refractivity contribution in [1.82, 2.24) is 4.90 Å². The van der Waals surface area contributed by atoms with Gasteiger partial charge in [0.05, 0.1) is 0 Å². The predicted molar refractivity (Wildman–Crippen MR) is 76.8 cm³/mol. The lowest BCUT2D eigenvalue weighted by Gasteiger charge is -2.36. The molecule has 0 unspecified atom stereocenters. The Morgan fingerprint density at radius 1 is 1.00 bits per heavy atom. The Morgan fingerprint density at radius 2 is 1.74 bits per heavy atom. The molecule has 2 aliphatic heterocycles. The first kappa shape index (κ1) is 12.9. The summed E-state index contributed by atoms with van der Waals surface area (Å²) in [6.45, 7) is 6.48. The monoisotopic (exact) mass is 282 g/mol. The Morgan fingerprint density at radius 3 is 2.47 bits per heavy atom. The van der Waals surface area contributed by atoms with Crippen LogP contribution in [0.3, 0.4) is 0 Å². The van der Waals surface area contributed by atoms with E-state index in [1.54, 1.807) is 0 Å². The molecule has 0 N–H and O–H groups in total. The summed E-state index contributed by atoms with van der Waals surface area (Å²) in [7, 11) is 0. The van der Waals surface area contributed by atoms with Gasteiger partial charge < -0.3 is 14.4 Å². The SMILES string of the molecule is ClCCN1CCN(c2ccc3c(c2)OCCO3)CC1. The molecule has 0 radical (unpaired) electrons. The standard InChI is InChI=1S/C14H19ClN2O2/c15-3-4-16-5-7-17(8-6-16)12-1-2-13-14(11-12)19-10-9-18-13/h1-2,11H,3-10H2. The van der Waals surface area contributed by atoms with Crippen molar-refractivity contribution in [3.8, 4) is 11.5 Å². The molecule has 1 aromatic carbocycles. The zero-order valence-electron chi connectivity index (χ0n) is 11.0. The molecule has 5 heteroatoms. The number of ether oxygens (including phenoxy) is 2. The van der Waals surface area contributed by atoms with Crippen LogP contribution in [0.25, 0.3) is 0 Å². The van der Waals surface area contributed by atoms with Crippen molar-refractivity contribution >= 4 is 17.3 Å². The Kier molecular flexibility index (Phi) is 3.99. The third kappa shape index (κ3) is 2.90. The minimum atomic E-state index is 0.639. The van der Waals surface area contributed by atoms with E-state index in [-0.39, 0.29) is 0 Å². The zero-order valence-corrected chi connectivity index (χ0v) is 11.7. The average molecular weight is 283 g/mol. The molecule has 0 bridgehead atoms. The van der Waals surface area contributed by atoms with E-state index in [0.717, 1.165) is 44.2 Å². The summed E-state index contributed by atoms with van der Waals surface area (Å²) in [6, 6.07) is 6.21.